The zero-order valence-corrected chi connectivity index (χ0v) is 15.4. The summed E-state index contributed by atoms with van der Waals surface area (Å²) >= 11 is 0. The fourth-order valence-electron chi connectivity index (χ4n) is 2.52. The van der Waals surface area contributed by atoms with Crippen LogP contribution in [0.3, 0.4) is 0 Å². The summed E-state index contributed by atoms with van der Waals surface area (Å²) in [5.74, 6) is -2.78. The van der Waals surface area contributed by atoms with Crippen LogP contribution in [0.25, 0.3) is 11.5 Å². The Labute approximate surface area is 164 Å². The third-order valence-electron chi connectivity index (χ3n) is 4.04. The number of rotatable bonds is 9. The van der Waals surface area contributed by atoms with Crippen molar-refractivity contribution in [1.29, 1.82) is 0 Å². The topological polar surface area (TPSA) is 57.4 Å². The molecule has 0 aliphatic carbocycles. The van der Waals surface area contributed by atoms with Gasteiger partial charge in [-0.1, -0.05) is 24.3 Å². The molecule has 3 aromatic rings. The van der Waals surface area contributed by atoms with E-state index in [-0.39, 0.29) is 12.5 Å². The van der Waals surface area contributed by atoms with E-state index in [1.807, 2.05) is 24.3 Å². The summed E-state index contributed by atoms with van der Waals surface area (Å²) < 4.78 is 65.6. The van der Waals surface area contributed by atoms with Crippen LogP contribution in [0.5, 0.6) is 5.75 Å². The number of ether oxygens (including phenoxy) is 2. The van der Waals surface area contributed by atoms with E-state index in [0.29, 0.717) is 23.4 Å². The lowest BCUT2D eigenvalue weighted by molar-refractivity contribution is -0.168. The normalized spacial score (nSPS) is 11.8. The van der Waals surface area contributed by atoms with Crippen LogP contribution in [0.15, 0.2) is 52.9 Å². The molecule has 0 aliphatic heterocycles. The number of hydrogen-bond acceptors (Lipinski definition) is 5. The number of alkyl halides is 4. The fraction of sp³-hybridized carbons (Fsp3) is 0.300. The first-order chi connectivity index (χ1) is 13.9. The highest BCUT2D eigenvalue weighted by Crippen LogP contribution is 2.24. The largest absolute Gasteiger partial charge is 0.497 e. The highest BCUT2D eigenvalue weighted by Gasteiger charge is 2.40. The van der Waals surface area contributed by atoms with E-state index in [1.165, 1.54) is 0 Å². The second-order valence-corrected chi connectivity index (χ2v) is 6.28. The third-order valence-corrected chi connectivity index (χ3v) is 4.04. The summed E-state index contributed by atoms with van der Waals surface area (Å²) in [5, 5.41) is 8.01. The molecule has 0 saturated heterocycles. The van der Waals surface area contributed by atoms with Crippen molar-refractivity contribution < 1.29 is 31.5 Å². The third kappa shape index (κ3) is 5.54. The van der Waals surface area contributed by atoms with Gasteiger partial charge in [0, 0.05) is 5.56 Å². The summed E-state index contributed by atoms with van der Waals surface area (Å²) in [5.41, 5.74) is 2.05. The molecule has 5 nitrogen and oxygen atoms in total. The quantitative estimate of drug-likeness (QED) is 0.477. The van der Waals surface area contributed by atoms with Crippen molar-refractivity contribution in [3.63, 3.8) is 0 Å². The van der Waals surface area contributed by atoms with Gasteiger partial charge in [0.25, 0.3) is 0 Å². The van der Waals surface area contributed by atoms with E-state index < -0.39 is 19.0 Å². The second-order valence-electron chi connectivity index (χ2n) is 6.28. The highest BCUT2D eigenvalue weighted by atomic mass is 19.3. The minimum atomic E-state index is -4.18. The second kappa shape index (κ2) is 9.04. The van der Waals surface area contributed by atoms with E-state index in [9.17, 15) is 17.6 Å². The van der Waals surface area contributed by atoms with E-state index in [4.69, 9.17) is 13.9 Å². The maximum Gasteiger partial charge on any atom is 0.330 e. The number of nitrogens with zero attached hydrogens (tertiary/aromatic N) is 2. The summed E-state index contributed by atoms with van der Waals surface area (Å²) in [4.78, 5) is 0. The van der Waals surface area contributed by atoms with Gasteiger partial charge in [0.1, 0.15) is 12.4 Å². The first-order valence-corrected chi connectivity index (χ1v) is 8.66. The molecule has 3 rings (SSSR count). The van der Waals surface area contributed by atoms with Crippen LogP contribution in [0.2, 0.25) is 0 Å². The number of benzene rings is 2. The van der Waals surface area contributed by atoms with Crippen LogP contribution in [0.4, 0.5) is 17.6 Å². The van der Waals surface area contributed by atoms with E-state index in [1.54, 1.807) is 31.4 Å². The fourth-order valence-corrected chi connectivity index (χ4v) is 2.52. The number of aromatic nitrogens is 2. The van der Waals surface area contributed by atoms with E-state index >= 15 is 0 Å². The van der Waals surface area contributed by atoms with Crippen molar-refractivity contribution in [3.05, 3.63) is 65.5 Å². The van der Waals surface area contributed by atoms with Crippen molar-refractivity contribution in [2.45, 2.75) is 25.4 Å². The van der Waals surface area contributed by atoms with Crippen LogP contribution >= 0.6 is 0 Å². The molecule has 0 atom stereocenters. The predicted octanol–water partition coefficient (Wildman–Crippen LogP) is 4.75. The molecule has 0 radical (unpaired) electrons. The molecule has 1 aromatic heterocycles. The van der Waals surface area contributed by atoms with Crippen molar-refractivity contribution in [2.24, 2.45) is 0 Å². The lowest BCUT2D eigenvalue weighted by atomic mass is 10.1. The predicted molar refractivity (Wildman–Crippen MR) is 96.1 cm³/mol. The van der Waals surface area contributed by atoms with Gasteiger partial charge < -0.3 is 13.9 Å². The number of methoxy groups -OCH3 is 1. The molecular formula is C20H18F4N2O3. The highest BCUT2D eigenvalue weighted by molar-refractivity contribution is 5.53. The minimum Gasteiger partial charge on any atom is -0.497 e. The molecule has 0 aliphatic rings. The Kier molecular flexibility index (Phi) is 6.48. The smallest absolute Gasteiger partial charge is 0.330 e. The van der Waals surface area contributed by atoms with Gasteiger partial charge >= 0.3 is 12.3 Å². The van der Waals surface area contributed by atoms with Crippen LogP contribution in [-0.2, 0) is 17.8 Å². The molecular weight excluding hydrogens is 392 g/mol. The van der Waals surface area contributed by atoms with Gasteiger partial charge in [-0.25, -0.2) is 8.78 Å². The Balaban J connectivity index is 1.63. The Morgan fingerprint density at radius 1 is 1.03 bits per heavy atom. The molecule has 29 heavy (non-hydrogen) atoms. The van der Waals surface area contributed by atoms with Crippen LogP contribution in [-0.4, -0.2) is 36.3 Å². The summed E-state index contributed by atoms with van der Waals surface area (Å²) in [6, 6.07) is 14.0. The molecule has 0 spiro atoms. The van der Waals surface area contributed by atoms with Gasteiger partial charge in [-0.15, -0.1) is 10.2 Å². The Bertz CT molecular complexity index is 929. The lowest BCUT2D eigenvalue weighted by Gasteiger charge is -2.15. The van der Waals surface area contributed by atoms with Crippen molar-refractivity contribution in [3.8, 4) is 17.2 Å². The number of halogens is 4. The SMILES string of the molecule is COc1ccc(Cc2nnc(-c3cccc(COCC(F)(F)C(F)F)c3)o2)cc1. The van der Waals surface area contributed by atoms with Crippen molar-refractivity contribution in [2.75, 3.05) is 13.7 Å². The van der Waals surface area contributed by atoms with Crippen molar-refractivity contribution >= 4 is 0 Å². The van der Waals surface area contributed by atoms with Gasteiger partial charge in [-0.3, -0.25) is 0 Å². The molecule has 2 aromatic carbocycles. The molecule has 0 saturated carbocycles. The molecule has 1 heterocycles. The lowest BCUT2D eigenvalue weighted by Crippen LogP contribution is -2.32. The van der Waals surface area contributed by atoms with Crippen LogP contribution in [0, 0.1) is 0 Å². The van der Waals surface area contributed by atoms with Crippen LogP contribution < -0.4 is 4.74 Å². The maximum absolute atomic E-state index is 12.9. The van der Waals surface area contributed by atoms with Gasteiger partial charge in [0.05, 0.1) is 20.1 Å². The molecule has 0 fully saturated rings. The van der Waals surface area contributed by atoms with Gasteiger partial charge in [-0.05, 0) is 35.4 Å². The molecule has 9 heteroatoms. The summed E-state index contributed by atoms with van der Waals surface area (Å²) in [7, 11) is 1.59. The maximum atomic E-state index is 12.9. The van der Waals surface area contributed by atoms with Crippen molar-refractivity contribution in [1.82, 2.24) is 10.2 Å². The average molecular weight is 410 g/mol. The zero-order valence-electron chi connectivity index (χ0n) is 15.4. The Morgan fingerprint density at radius 3 is 2.48 bits per heavy atom. The summed E-state index contributed by atoms with van der Waals surface area (Å²) in [6.45, 7) is -1.61. The Hall–Kier alpha value is -2.94. The first-order valence-electron chi connectivity index (χ1n) is 8.66. The van der Waals surface area contributed by atoms with E-state index in [0.717, 1.165) is 11.3 Å². The van der Waals surface area contributed by atoms with Gasteiger partial charge in [0.2, 0.25) is 11.8 Å². The minimum absolute atomic E-state index is 0.247. The van der Waals surface area contributed by atoms with Gasteiger partial charge in [0.15, 0.2) is 0 Å². The first kappa shape index (κ1) is 20.8. The molecule has 0 unspecified atom stereocenters. The summed E-state index contributed by atoms with van der Waals surface area (Å²) in [6.07, 6.45) is -3.33. The zero-order chi connectivity index (χ0) is 20.9. The Morgan fingerprint density at radius 2 is 1.79 bits per heavy atom. The number of hydrogen-bond donors (Lipinski definition) is 0. The van der Waals surface area contributed by atoms with E-state index in [2.05, 4.69) is 10.2 Å². The standard InChI is InChI=1S/C20H18F4N2O3/c1-27-16-7-5-13(6-8-16)10-17-25-26-18(29-17)15-4-2-3-14(9-15)11-28-12-20(23,24)19(21)22/h2-9,19H,10-12H2,1H3. The average Bonchev–Trinajstić information content (AvgIpc) is 3.17. The van der Waals surface area contributed by atoms with Crippen LogP contribution in [0.1, 0.15) is 17.0 Å². The molecule has 154 valence electrons. The monoisotopic (exact) mass is 410 g/mol. The van der Waals surface area contributed by atoms with Gasteiger partial charge in [-0.2, -0.15) is 8.78 Å². The molecule has 0 amide bonds. The molecule has 0 bridgehead atoms. The molecule has 0 N–H and O–H groups in total.